The zero-order chi connectivity index (χ0) is 12.9. The van der Waals surface area contributed by atoms with Crippen molar-refractivity contribution >= 4 is 5.78 Å². The molecule has 0 unspecified atom stereocenters. The summed E-state index contributed by atoms with van der Waals surface area (Å²) < 4.78 is 36.5. The Morgan fingerprint density at radius 2 is 1.75 bits per heavy atom. The fraction of sp³-hybridized carbons (Fsp3) is 0.417. The van der Waals surface area contributed by atoms with Crippen LogP contribution in [0.3, 0.4) is 0 Å². The molecule has 0 aliphatic heterocycles. The van der Waals surface area contributed by atoms with Crippen LogP contribution in [-0.2, 0) is 4.79 Å². The lowest BCUT2D eigenvalue weighted by Gasteiger charge is -2.06. The molecule has 0 fully saturated rings. The van der Waals surface area contributed by atoms with E-state index in [1.165, 1.54) is 13.0 Å². The zero-order valence-corrected chi connectivity index (χ0v) is 9.61. The molecule has 0 aromatic carbocycles. The molecule has 0 aromatic rings. The fourth-order valence-electron chi connectivity index (χ4n) is 0.977. The van der Waals surface area contributed by atoms with Crippen molar-refractivity contribution in [1.82, 2.24) is 0 Å². The standard InChI is InChI=1S/C12H15F3O/c1-5-8(2)11(10(4)16)7-6-9(3)12(13,14)15/h6-7H,2,5H2,1,3-4H3/b9-6+,11-7+. The summed E-state index contributed by atoms with van der Waals surface area (Å²) in [5.41, 5.74) is 0.0416. The molecule has 0 aliphatic carbocycles. The quantitative estimate of drug-likeness (QED) is 0.529. The predicted molar refractivity (Wildman–Crippen MR) is 58.0 cm³/mol. The maximum absolute atomic E-state index is 12.2. The van der Waals surface area contributed by atoms with E-state index in [1.54, 1.807) is 6.92 Å². The molecule has 4 heteroatoms. The van der Waals surface area contributed by atoms with Crippen molar-refractivity contribution in [3.05, 3.63) is 35.5 Å². The Labute approximate surface area is 93.3 Å². The SMILES string of the molecule is C=C(CC)/C(=C\C=C(/C)C(F)(F)F)C(C)=O. The Morgan fingerprint density at radius 1 is 1.25 bits per heavy atom. The van der Waals surface area contributed by atoms with E-state index in [2.05, 4.69) is 6.58 Å². The summed E-state index contributed by atoms with van der Waals surface area (Å²) >= 11 is 0. The molecule has 1 nitrogen and oxygen atoms in total. The second-order valence-electron chi connectivity index (χ2n) is 3.44. The molecule has 0 N–H and O–H groups in total. The van der Waals surface area contributed by atoms with Crippen molar-refractivity contribution < 1.29 is 18.0 Å². The Balaban J connectivity index is 5.12. The Hall–Kier alpha value is -1.32. The number of allylic oxidation sites excluding steroid dienone is 5. The van der Waals surface area contributed by atoms with Crippen molar-refractivity contribution in [3.8, 4) is 0 Å². The molecule has 0 saturated heterocycles. The molecule has 0 radical (unpaired) electrons. The van der Waals surface area contributed by atoms with Crippen molar-refractivity contribution in [2.45, 2.75) is 33.4 Å². The van der Waals surface area contributed by atoms with Crippen LogP contribution >= 0.6 is 0 Å². The summed E-state index contributed by atoms with van der Waals surface area (Å²) in [6.07, 6.45) is -1.75. The highest BCUT2D eigenvalue weighted by atomic mass is 19.4. The summed E-state index contributed by atoms with van der Waals surface area (Å²) in [5.74, 6) is -0.280. The zero-order valence-electron chi connectivity index (χ0n) is 9.61. The monoisotopic (exact) mass is 232 g/mol. The minimum Gasteiger partial charge on any atom is -0.295 e. The van der Waals surface area contributed by atoms with Gasteiger partial charge in [0.15, 0.2) is 5.78 Å². The Morgan fingerprint density at radius 3 is 2.06 bits per heavy atom. The Kier molecular flexibility index (Phi) is 5.21. The van der Waals surface area contributed by atoms with Gasteiger partial charge in [-0.15, -0.1) is 0 Å². The third kappa shape index (κ3) is 4.47. The number of carbonyl (C=O) groups is 1. The van der Waals surface area contributed by atoms with Gasteiger partial charge in [-0.2, -0.15) is 13.2 Å². The predicted octanol–water partition coefficient (Wildman–Crippen LogP) is 3.98. The minimum atomic E-state index is -4.36. The van der Waals surface area contributed by atoms with Gasteiger partial charge in [0, 0.05) is 11.1 Å². The second kappa shape index (κ2) is 5.68. The van der Waals surface area contributed by atoms with Gasteiger partial charge in [0.1, 0.15) is 0 Å². The lowest BCUT2D eigenvalue weighted by Crippen LogP contribution is -2.08. The second-order valence-corrected chi connectivity index (χ2v) is 3.44. The van der Waals surface area contributed by atoms with Gasteiger partial charge in [-0.1, -0.05) is 25.7 Å². The van der Waals surface area contributed by atoms with Gasteiger partial charge in [0.2, 0.25) is 0 Å². The minimum absolute atomic E-state index is 0.242. The Bertz CT molecular complexity index is 346. The molecule has 0 rings (SSSR count). The first kappa shape index (κ1) is 14.7. The number of ketones is 1. The van der Waals surface area contributed by atoms with Crippen LogP contribution in [0.2, 0.25) is 0 Å². The van der Waals surface area contributed by atoms with E-state index in [-0.39, 0.29) is 11.4 Å². The van der Waals surface area contributed by atoms with Crippen LogP contribution in [0, 0.1) is 0 Å². The van der Waals surface area contributed by atoms with Crippen molar-refractivity contribution in [1.29, 1.82) is 0 Å². The summed E-state index contributed by atoms with van der Waals surface area (Å²) in [7, 11) is 0. The number of hydrogen-bond donors (Lipinski definition) is 0. The largest absolute Gasteiger partial charge is 0.412 e. The summed E-state index contributed by atoms with van der Waals surface area (Å²) in [5, 5.41) is 0. The molecule has 0 heterocycles. The van der Waals surface area contributed by atoms with Crippen LogP contribution in [0.25, 0.3) is 0 Å². The molecule has 90 valence electrons. The third-order valence-electron chi connectivity index (χ3n) is 2.13. The van der Waals surface area contributed by atoms with Crippen molar-refractivity contribution in [2.75, 3.05) is 0 Å². The fourth-order valence-corrected chi connectivity index (χ4v) is 0.977. The van der Waals surface area contributed by atoms with E-state index in [4.69, 9.17) is 0 Å². The van der Waals surface area contributed by atoms with Crippen LogP contribution in [0.15, 0.2) is 35.5 Å². The maximum Gasteiger partial charge on any atom is 0.412 e. The number of alkyl halides is 3. The molecule has 0 amide bonds. The number of hydrogen-bond acceptors (Lipinski definition) is 1. The highest BCUT2D eigenvalue weighted by Crippen LogP contribution is 2.25. The topological polar surface area (TPSA) is 17.1 Å². The molecule has 0 aromatic heterocycles. The summed E-state index contributed by atoms with van der Waals surface area (Å²) in [6, 6.07) is 0. The van der Waals surface area contributed by atoms with E-state index >= 15 is 0 Å². The smallest absolute Gasteiger partial charge is 0.295 e. The van der Waals surface area contributed by atoms with E-state index < -0.39 is 11.7 Å². The van der Waals surface area contributed by atoms with Crippen LogP contribution in [0.1, 0.15) is 27.2 Å². The highest BCUT2D eigenvalue weighted by Gasteiger charge is 2.29. The van der Waals surface area contributed by atoms with Gasteiger partial charge >= 0.3 is 6.18 Å². The first-order chi connectivity index (χ1) is 7.20. The summed E-state index contributed by atoms with van der Waals surface area (Å²) in [6.45, 7) is 7.70. The number of halogens is 3. The average molecular weight is 232 g/mol. The number of carbonyl (C=O) groups excluding carboxylic acids is 1. The normalized spacial score (nSPS) is 13.9. The third-order valence-corrected chi connectivity index (χ3v) is 2.13. The van der Waals surface area contributed by atoms with Crippen LogP contribution in [-0.4, -0.2) is 12.0 Å². The van der Waals surface area contributed by atoms with Crippen LogP contribution < -0.4 is 0 Å². The van der Waals surface area contributed by atoms with Gasteiger partial charge in [-0.05, 0) is 25.8 Å². The molecule has 0 saturated carbocycles. The van der Waals surface area contributed by atoms with Crippen molar-refractivity contribution in [3.63, 3.8) is 0 Å². The summed E-state index contributed by atoms with van der Waals surface area (Å²) in [4.78, 5) is 11.2. The highest BCUT2D eigenvalue weighted by molar-refractivity contribution is 5.97. The number of Topliss-reactive ketones (excluding diaryl/α,β-unsaturated/α-hetero) is 1. The van der Waals surface area contributed by atoms with Gasteiger partial charge in [-0.25, -0.2) is 0 Å². The maximum atomic E-state index is 12.2. The van der Waals surface area contributed by atoms with E-state index in [1.807, 2.05) is 0 Å². The molecule has 0 bridgehead atoms. The lowest BCUT2D eigenvalue weighted by molar-refractivity contribution is -0.113. The first-order valence-corrected chi connectivity index (χ1v) is 4.85. The molecule has 16 heavy (non-hydrogen) atoms. The molecular weight excluding hydrogens is 217 g/mol. The van der Waals surface area contributed by atoms with E-state index in [0.29, 0.717) is 12.0 Å². The number of rotatable bonds is 4. The first-order valence-electron chi connectivity index (χ1n) is 4.85. The van der Waals surface area contributed by atoms with E-state index in [9.17, 15) is 18.0 Å². The van der Waals surface area contributed by atoms with Gasteiger partial charge in [0.25, 0.3) is 0 Å². The van der Waals surface area contributed by atoms with Gasteiger partial charge in [0.05, 0.1) is 0 Å². The average Bonchev–Trinajstić information content (AvgIpc) is 2.15. The van der Waals surface area contributed by atoms with Gasteiger partial charge < -0.3 is 0 Å². The molecule has 0 aliphatic rings. The lowest BCUT2D eigenvalue weighted by atomic mass is 10.0. The van der Waals surface area contributed by atoms with Crippen molar-refractivity contribution in [2.24, 2.45) is 0 Å². The van der Waals surface area contributed by atoms with Crippen LogP contribution in [0.5, 0.6) is 0 Å². The van der Waals surface area contributed by atoms with Crippen LogP contribution in [0.4, 0.5) is 13.2 Å². The molecule has 0 atom stereocenters. The molecular formula is C12H15F3O. The van der Waals surface area contributed by atoms with E-state index in [0.717, 1.165) is 13.0 Å². The molecule has 0 spiro atoms. The van der Waals surface area contributed by atoms with Gasteiger partial charge in [-0.3, -0.25) is 4.79 Å².